The lowest BCUT2D eigenvalue weighted by molar-refractivity contribution is 0.101. The topological polar surface area (TPSA) is 17.1 Å². The zero-order valence-corrected chi connectivity index (χ0v) is 14.1. The predicted octanol–water partition coefficient (Wildman–Crippen LogP) is 5.44. The summed E-state index contributed by atoms with van der Waals surface area (Å²) in [7, 11) is 0. The van der Waals surface area contributed by atoms with Gasteiger partial charge >= 0.3 is 0 Å². The summed E-state index contributed by atoms with van der Waals surface area (Å²) in [6.45, 7) is 8.42. The molecule has 110 valence electrons. The third-order valence-corrected chi connectivity index (χ3v) is 5.78. The number of ketones is 1. The Labute approximate surface area is 131 Å². The van der Waals surface area contributed by atoms with Crippen molar-refractivity contribution >= 4 is 17.1 Å². The molecule has 0 aliphatic heterocycles. The van der Waals surface area contributed by atoms with Crippen molar-refractivity contribution in [2.75, 3.05) is 0 Å². The molecule has 1 aromatic heterocycles. The number of aryl methyl sites for hydroxylation is 2. The van der Waals surface area contributed by atoms with Crippen LogP contribution in [-0.4, -0.2) is 5.78 Å². The molecule has 0 unspecified atom stereocenters. The quantitative estimate of drug-likeness (QED) is 0.675. The summed E-state index contributed by atoms with van der Waals surface area (Å²) in [6.07, 6.45) is 3.35. The van der Waals surface area contributed by atoms with E-state index in [1.54, 1.807) is 6.92 Å². The number of hydrogen-bond donors (Lipinski definition) is 0. The number of rotatable bonds is 2. The first-order chi connectivity index (χ1) is 9.87. The summed E-state index contributed by atoms with van der Waals surface area (Å²) in [5.74, 6) is 0.209. The van der Waals surface area contributed by atoms with Crippen LogP contribution in [0.2, 0.25) is 0 Å². The highest BCUT2D eigenvalue weighted by Gasteiger charge is 2.31. The van der Waals surface area contributed by atoms with Crippen LogP contribution in [0.15, 0.2) is 24.3 Å². The van der Waals surface area contributed by atoms with E-state index in [2.05, 4.69) is 45.0 Å². The van der Waals surface area contributed by atoms with E-state index in [0.29, 0.717) is 5.41 Å². The molecule has 0 bridgehead atoms. The van der Waals surface area contributed by atoms with Crippen LogP contribution in [0.5, 0.6) is 0 Å². The third-order valence-electron chi connectivity index (χ3n) is 4.44. The van der Waals surface area contributed by atoms with E-state index < -0.39 is 0 Å². The normalized spacial score (nSPS) is 16.6. The molecule has 0 amide bonds. The Morgan fingerprint density at radius 2 is 1.86 bits per heavy atom. The molecule has 2 aromatic rings. The van der Waals surface area contributed by atoms with Gasteiger partial charge in [-0.1, -0.05) is 43.7 Å². The van der Waals surface area contributed by atoms with Gasteiger partial charge in [-0.25, -0.2) is 0 Å². The molecule has 3 rings (SSSR count). The minimum Gasteiger partial charge on any atom is -0.294 e. The molecule has 21 heavy (non-hydrogen) atoms. The second kappa shape index (κ2) is 5.10. The number of Topliss-reactive ketones (excluding diaryl/α,β-unsaturated/α-hetero) is 1. The summed E-state index contributed by atoms with van der Waals surface area (Å²) in [5.41, 5.74) is 5.04. The Kier molecular flexibility index (Phi) is 3.53. The van der Waals surface area contributed by atoms with E-state index in [9.17, 15) is 4.79 Å². The molecule has 1 aliphatic rings. The highest BCUT2D eigenvalue weighted by atomic mass is 32.1. The largest absolute Gasteiger partial charge is 0.294 e. The summed E-state index contributed by atoms with van der Waals surface area (Å²) in [6, 6.07) is 8.54. The molecule has 1 aromatic carbocycles. The van der Waals surface area contributed by atoms with Crippen molar-refractivity contribution in [2.45, 2.75) is 47.0 Å². The number of benzene rings is 1. The van der Waals surface area contributed by atoms with Gasteiger partial charge in [0.15, 0.2) is 5.78 Å². The van der Waals surface area contributed by atoms with E-state index in [0.717, 1.165) is 18.4 Å². The molecule has 1 nitrogen and oxygen atoms in total. The van der Waals surface area contributed by atoms with Gasteiger partial charge < -0.3 is 0 Å². The number of fused-ring (bicyclic) bond motifs is 1. The lowest BCUT2D eigenvalue weighted by atomic mass is 9.75. The summed E-state index contributed by atoms with van der Waals surface area (Å²) < 4.78 is 0. The number of carbonyl (C=O) groups excluding carboxylic acids is 1. The van der Waals surface area contributed by atoms with Gasteiger partial charge in [0, 0.05) is 15.3 Å². The lowest BCUT2D eigenvalue weighted by Crippen LogP contribution is -2.22. The molecule has 0 atom stereocenters. The standard InChI is InChI=1S/C19H22OS/c1-12-5-7-14(8-6-12)18-17(13(2)20)15-11-19(3,4)10-9-16(15)21-18/h5-8H,9-11H2,1-4H3. The highest BCUT2D eigenvalue weighted by molar-refractivity contribution is 7.16. The second-order valence-electron chi connectivity index (χ2n) is 6.97. The fraction of sp³-hybridized carbons (Fsp3) is 0.421. The molecule has 1 heterocycles. The SMILES string of the molecule is CC(=O)c1c(-c2ccc(C)cc2)sc2c1CC(C)(C)CC2. The number of thiophene rings is 1. The van der Waals surface area contributed by atoms with Gasteiger partial charge in [0.2, 0.25) is 0 Å². The van der Waals surface area contributed by atoms with Crippen molar-refractivity contribution in [2.24, 2.45) is 5.41 Å². The maximum Gasteiger partial charge on any atom is 0.161 e. The van der Waals surface area contributed by atoms with Crippen molar-refractivity contribution in [3.63, 3.8) is 0 Å². The van der Waals surface area contributed by atoms with E-state index in [4.69, 9.17) is 0 Å². The molecule has 0 spiro atoms. The van der Waals surface area contributed by atoms with E-state index >= 15 is 0 Å². The Morgan fingerprint density at radius 1 is 1.19 bits per heavy atom. The minimum atomic E-state index is 0.209. The smallest absolute Gasteiger partial charge is 0.161 e. The Hall–Kier alpha value is -1.41. The molecule has 0 N–H and O–H groups in total. The van der Waals surface area contributed by atoms with Crippen LogP contribution in [-0.2, 0) is 12.8 Å². The summed E-state index contributed by atoms with van der Waals surface area (Å²) in [5, 5.41) is 0. The van der Waals surface area contributed by atoms with Crippen LogP contribution >= 0.6 is 11.3 Å². The maximum atomic E-state index is 12.3. The second-order valence-corrected chi connectivity index (χ2v) is 8.08. The molecule has 0 saturated heterocycles. The van der Waals surface area contributed by atoms with E-state index in [1.165, 1.54) is 32.9 Å². The number of hydrogen-bond acceptors (Lipinski definition) is 2. The van der Waals surface area contributed by atoms with E-state index in [-0.39, 0.29) is 5.78 Å². The molecule has 2 heteroatoms. The Bertz CT molecular complexity index is 689. The van der Waals surface area contributed by atoms with Gasteiger partial charge in [-0.2, -0.15) is 0 Å². The van der Waals surface area contributed by atoms with Gasteiger partial charge in [-0.15, -0.1) is 11.3 Å². The first-order valence-electron chi connectivity index (χ1n) is 7.60. The van der Waals surface area contributed by atoms with Gasteiger partial charge in [-0.3, -0.25) is 4.79 Å². The lowest BCUT2D eigenvalue weighted by Gasteiger charge is -2.29. The van der Waals surface area contributed by atoms with Crippen molar-refractivity contribution in [1.82, 2.24) is 0 Å². The van der Waals surface area contributed by atoms with Crippen LogP contribution in [0.3, 0.4) is 0 Å². The average Bonchev–Trinajstić information content (AvgIpc) is 2.76. The molecular weight excluding hydrogens is 276 g/mol. The summed E-state index contributed by atoms with van der Waals surface area (Å²) >= 11 is 1.83. The first kappa shape index (κ1) is 14.5. The molecular formula is C19H22OS. The van der Waals surface area contributed by atoms with Crippen LogP contribution in [0.25, 0.3) is 10.4 Å². The maximum absolute atomic E-state index is 12.3. The first-order valence-corrected chi connectivity index (χ1v) is 8.41. The third kappa shape index (κ3) is 2.69. The van der Waals surface area contributed by atoms with Gasteiger partial charge in [-0.05, 0) is 49.7 Å². The van der Waals surface area contributed by atoms with Gasteiger partial charge in [0.05, 0.1) is 0 Å². The Morgan fingerprint density at radius 3 is 2.48 bits per heavy atom. The fourth-order valence-corrected chi connectivity index (χ4v) is 4.57. The van der Waals surface area contributed by atoms with Crippen molar-refractivity contribution in [1.29, 1.82) is 0 Å². The van der Waals surface area contributed by atoms with Crippen LogP contribution in [0.1, 0.15) is 53.6 Å². The predicted molar refractivity (Wildman–Crippen MR) is 90.3 cm³/mol. The molecule has 1 aliphatic carbocycles. The summed E-state index contributed by atoms with van der Waals surface area (Å²) in [4.78, 5) is 14.9. The zero-order valence-electron chi connectivity index (χ0n) is 13.2. The van der Waals surface area contributed by atoms with Crippen molar-refractivity contribution in [3.8, 4) is 10.4 Å². The zero-order chi connectivity index (χ0) is 15.2. The van der Waals surface area contributed by atoms with Crippen LogP contribution in [0, 0.1) is 12.3 Å². The average molecular weight is 298 g/mol. The molecule has 0 fully saturated rings. The fourth-order valence-electron chi connectivity index (χ4n) is 3.20. The molecule has 0 radical (unpaired) electrons. The highest BCUT2D eigenvalue weighted by Crippen LogP contribution is 2.45. The van der Waals surface area contributed by atoms with Gasteiger partial charge in [0.25, 0.3) is 0 Å². The number of carbonyl (C=O) groups is 1. The van der Waals surface area contributed by atoms with Crippen molar-refractivity contribution in [3.05, 3.63) is 45.8 Å². The Balaban J connectivity index is 2.16. The monoisotopic (exact) mass is 298 g/mol. The van der Waals surface area contributed by atoms with Crippen LogP contribution < -0.4 is 0 Å². The van der Waals surface area contributed by atoms with E-state index in [1.807, 2.05) is 11.3 Å². The van der Waals surface area contributed by atoms with Crippen LogP contribution in [0.4, 0.5) is 0 Å². The minimum absolute atomic E-state index is 0.209. The molecule has 0 saturated carbocycles. The van der Waals surface area contributed by atoms with Crippen molar-refractivity contribution < 1.29 is 4.79 Å². The van der Waals surface area contributed by atoms with Gasteiger partial charge in [0.1, 0.15) is 0 Å².